The molecule has 24 heavy (non-hydrogen) atoms. The van der Waals surface area contributed by atoms with E-state index in [2.05, 4.69) is 34.6 Å². The number of amides is 1. The predicted octanol–water partition coefficient (Wildman–Crippen LogP) is 3.83. The third kappa shape index (κ3) is 4.59. The van der Waals surface area contributed by atoms with E-state index in [0.29, 0.717) is 13.0 Å². The van der Waals surface area contributed by atoms with Gasteiger partial charge in [0.15, 0.2) is 0 Å². The van der Waals surface area contributed by atoms with Gasteiger partial charge in [-0.2, -0.15) is 11.8 Å². The normalized spacial score (nSPS) is 10.7. The summed E-state index contributed by atoms with van der Waals surface area (Å²) in [7, 11) is 0. The monoisotopic (exact) mass is 336 g/mol. The van der Waals surface area contributed by atoms with Gasteiger partial charge in [-0.25, -0.2) is 0 Å². The first-order valence-corrected chi connectivity index (χ1v) is 9.19. The zero-order chi connectivity index (χ0) is 16.6. The largest absolute Gasteiger partial charge is 0.355 e. The van der Waals surface area contributed by atoms with Gasteiger partial charge in [-0.1, -0.05) is 54.6 Å². The second-order valence-electron chi connectivity index (χ2n) is 5.56. The number of hydrogen-bond acceptors (Lipinski definition) is 3. The number of benzene rings is 2. The summed E-state index contributed by atoms with van der Waals surface area (Å²) < 4.78 is 0. The zero-order valence-electron chi connectivity index (χ0n) is 13.4. The molecular formula is C20H20N2OS. The van der Waals surface area contributed by atoms with Crippen LogP contribution >= 0.6 is 11.8 Å². The maximum Gasteiger partial charge on any atom is 0.224 e. The molecule has 0 unspecified atom stereocenters. The van der Waals surface area contributed by atoms with Crippen LogP contribution in [0.3, 0.4) is 0 Å². The summed E-state index contributed by atoms with van der Waals surface area (Å²) in [6, 6.07) is 20.3. The number of pyridine rings is 1. The van der Waals surface area contributed by atoms with Crippen LogP contribution in [0.15, 0.2) is 66.9 Å². The molecule has 0 radical (unpaired) electrons. The minimum absolute atomic E-state index is 0.0495. The van der Waals surface area contributed by atoms with Gasteiger partial charge in [0, 0.05) is 29.6 Å². The second kappa shape index (κ2) is 8.50. The molecule has 3 nitrogen and oxygen atoms in total. The Hall–Kier alpha value is -2.33. The van der Waals surface area contributed by atoms with E-state index in [1.54, 1.807) is 6.20 Å². The highest BCUT2D eigenvalue weighted by atomic mass is 32.2. The fourth-order valence-corrected chi connectivity index (χ4v) is 3.39. The number of rotatable bonds is 7. The van der Waals surface area contributed by atoms with Crippen LogP contribution in [0.1, 0.15) is 11.1 Å². The second-order valence-corrected chi connectivity index (χ2v) is 6.66. The minimum atomic E-state index is 0.0495. The van der Waals surface area contributed by atoms with Gasteiger partial charge >= 0.3 is 0 Å². The van der Waals surface area contributed by atoms with E-state index in [-0.39, 0.29) is 5.91 Å². The maximum atomic E-state index is 12.1. The van der Waals surface area contributed by atoms with Gasteiger partial charge in [0.2, 0.25) is 5.91 Å². The van der Waals surface area contributed by atoms with Crippen molar-refractivity contribution in [2.45, 2.75) is 12.2 Å². The quantitative estimate of drug-likeness (QED) is 0.667. The summed E-state index contributed by atoms with van der Waals surface area (Å²) in [6.07, 6.45) is 2.14. The lowest BCUT2D eigenvalue weighted by Gasteiger charge is -2.07. The van der Waals surface area contributed by atoms with Crippen LogP contribution < -0.4 is 5.32 Å². The van der Waals surface area contributed by atoms with Crippen LogP contribution in [0, 0.1) is 0 Å². The van der Waals surface area contributed by atoms with Crippen molar-refractivity contribution in [3.63, 3.8) is 0 Å². The predicted molar refractivity (Wildman–Crippen MR) is 101 cm³/mol. The highest BCUT2D eigenvalue weighted by molar-refractivity contribution is 7.98. The summed E-state index contributed by atoms with van der Waals surface area (Å²) in [5.74, 6) is 1.94. The average molecular weight is 336 g/mol. The summed E-state index contributed by atoms with van der Waals surface area (Å²) in [4.78, 5) is 16.5. The molecule has 0 aliphatic heterocycles. The molecule has 1 amide bonds. The average Bonchev–Trinajstić information content (AvgIpc) is 2.63. The molecule has 3 aromatic rings. The Labute approximate surface area is 146 Å². The molecule has 1 heterocycles. The van der Waals surface area contributed by atoms with Crippen molar-refractivity contribution < 1.29 is 4.79 Å². The number of nitrogens with one attached hydrogen (secondary N) is 1. The van der Waals surface area contributed by atoms with Crippen LogP contribution in [0.2, 0.25) is 0 Å². The molecule has 0 aliphatic rings. The topological polar surface area (TPSA) is 42.0 Å². The van der Waals surface area contributed by atoms with E-state index in [9.17, 15) is 4.79 Å². The van der Waals surface area contributed by atoms with Crippen molar-refractivity contribution in [1.29, 1.82) is 0 Å². The summed E-state index contributed by atoms with van der Waals surface area (Å²) in [5.41, 5.74) is 3.20. The Morgan fingerprint density at radius 3 is 2.71 bits per heavy atom. The van der Waals surface area contributed by atoms with Crippen molar-refractivity contribution in [2.24, 2.45) is 0 Å². The minimum Gasteiger partial charge on any atom is -0.355 e. The molecule has 0 atom stereocenters. The Kier molecular flexibility index (Phi) is 5.85. The van der Waals surface area contributed by atoms with E-state index in [1.807, 2.05) is 48.2 Å². The van der Waals surface area contributed by atoms with Crippen molar-refractivity contribution in [3.05, 3.63) is 78.0 Å². The number of fused-ring (bicyclic) bond motifs is 1. The first kappa shape index (κ1) is 16.5. The van der Waals surface area contributed by atoms with E-state index >= 15 is 0 Å². The number of carbonyl (C=O) groups is 1. The number of hydrogen-bond donors (Lipinski definition) is 1. The molecule has 1 aromatic heterocycles. The van der Waals surface area contributed by atoms with Crippen molar-refractivity contribution in [1.82, 2.24) is 10.3 Å². The number of carbonyl (C=O) groups excluding carboxylic acids is 1. The molecule has 0 saturated heterocycles. The molecule has 1 N–H and O–H groups in total. The highest BCUT2D eigenvalue weighted by Gasteiger charge is 2.07. The fraction of sp³-hybridized carbons (Fsp3) is 0.200. The summed E-state index contributed by atoms with van der Waals surface area (Å²) in [5, 5.41) is 4.07. The third-order valence-corrected chi connectivity index (χ3v) is 4.78. The SMILES string of the molecule is O=C(Cc1cccc2cccnc12)NCCSCc1ccccc1. The van der Waals surface area contributed by atoms with E-state index < -0.39 is 0 Å². The Morgan fingerprint density at radius 2 is 1.83 bits per heavy atom. The molecule has 122 valence electrons. The first-order chi connectivity index (χ1) is 11.8. The van der Waals surface area contributed by atoms with Crippen molar-refractivity contribution >= 4 is 28.6 Å². The van der Waals surface area contributed by atoms with Crippen LogP contribution in [0.4, 0.5) is 0 Å². The van der Waals surface area contributed by atoms with Crippen LogP contribution in [0.25, 0.3) is 10.9 Å². The smallest absolute Gasteiger partial charge is 0.224 e. The zero-order valence-corrected chi connectivity index (χ0v) is 14.3. The standard InChI is InChI=1S/C20H20N2OS/c23-19(21-12-13-24-15-16-6-2-1-3-7-16)14-18-9-4-8-17-10-5-11-22-20(17)18/h1-11H,12-15H2,(H,21,23). The number of thioether (sulfide) groups is 1. The van der Waals surface area contributed by atoms with Gasteiger partial charge in [0.05, 0.1) is 11.9 Å². The van der Waals surface area contributed by atoms with Crippen molar-refractivity contribution in [2.75, 3.05) is 12.3 Å². The lowest BCUT2D eigenvalue weighted by atomic mass is 10.1. The van der Waals surface area contributed by atoms with Gasteiger partial charge in [-0.15, -0.1) is 0 Å². The lowest BCUT2D eigenvalue weighted by molar-refractivity contribution is -0.120. The van der Waals surface area contributed by atoms with Crippen LogP contribution in [0.5, 0.6) is 0 Å². The Bertz CT molecular complexity index is 800. The molecule has 0 bridgehead atoms. The van der Waals surface area contributed by atoms with E-state index in [0.717, 1.165) is 28.0 Å². The molecule has 0 fully saturated rings. The number of nitrogens with zero attached hydrogens (tertiary/aromatic N) is 1. The van der Waals surface area contributed by atoms with E-state index in [4.69, 9.17) is 0 Å². The Balaban J connectivity index is 1.44. The summed E-state index contributed by atoms with van der Waals surface area (Å²) >= 11 is 1.83. The van der Waals surface area contributed by atoms with Gasteiger partial charge in [-0.05, 0) is 17.2 Å². The lowest BCUT2D eigenvalue weighted by Crippen LogP contribution is -2.27. The summed E-state index contributed by atoms with van der Waals surface area (Å²) in [6.45, 7) is 0.689. The molecule has 0 spiro atoms. The third-order valence-electron chi connectivity index (χ3n) is 3.75. The van der Waals surface area contributed by atoms with Gasteiger partial charge in [0.1, 0.15) is 0 Å². The fourth-order valence-electron chi connectivity index (χ4n) is 2.57. The molecule has 0 saturated carbocycles. The van der Waals surface area contributed by atoms with Gasteiger partial charge < -0.3 is 5.32 Å². The van der Waals surface area contributed by atoms with Crippen molar-refractivity contribution in [3.8, 4) is 0 Å². The Morgan fingerprint density at radius 1 is 1.00 bits per heavy atom. The molecule has 0 aliphatic carbocycles. The first-order valence-electron chi connectivity index (χ1n) is 8.04. The molecule has 3 rings (SSSR count). The molecule has 4 heteroatoms. The highest BCUT2D eigenvalue weighted by Crippen LogP contribution is 2.16. The van der Waals surface area contributed by atoms with Gasteiger partial charge in [0.25, 0.3) is 0 Å². The van der Waals surface area contributed by atoms with Crippen LogP contribution in [-0.2, 0) is 17.0 Å². The van der Waals surface area contributed by atoms with Gasteiger partial charge in [-0.3, -0.25) is 9.78 Å². The molecule has 2 aromatic carbocycles. The maximum absolute atomic E-state index is 12.1. The van der Waals surface area contributed by atoms with Crippen LogP contribution in [-0.4, -0.2) is 23.2 Å². The van der Waals surface area contributed by atoms with E-state index in [1.165, 1.54) is 5.56 Å². The number of aromatic nitrogens is 1. The number of para-hydroxylation sites is 1. The molecular weight excluding hydrogens is 316 g/mol.